The lowest BCUT2D eigenvalue weighted by Crippen LogP contribution is -2.38. The minimum atomic E-state index is -0.176. The molecule has 1 aliphatic heterocycles. The molecule has 2 amide bonds. The number of para-hydroxylation sites is 1. The Kier molecular flexibility index (Phi) is 6.17. The highest BCUT2D eigenvalue weighted by Crippen LogP contribution is 2.30. The van der Waals surface area contributed by atoms with Gasteiger partial charge in [-0.3, -0.25) is 9.59 Å². The van der Waals surface area contributed by atoms with Gasteiger partial charge in [0, 0.05) is 32.6 Å². The molecule has 1 saturated carbocycles. The zero-order chi connectivity index (χ0) is 18.5. The molecule has 3 rings (SSSR count). The molecule has 2 fully saturated rings. The molecule has 1 aromatic rings. The Labute approximate surface area is 156 Å². The van der Waals surface area contributed by atoms with Crippen molar-refractivity contribution in [1.29, 1.82) is 0 Å². The van der Waals surface area contributed by atoms with E-state index < -0.39 is 0 Å². The first kappa shape index (κ1) is 18.7. The third kappa shape index (κ3) is 4.37. The minimum absolute atomic E-state index is 0.0924. The van der Waals surface area contributed by atoms with Crippen LogP contribution in [-0.4, -0.2) is 54.4 Å². The summed E-state index contributed by atoms with van der Waals surface area (Å²) in [5.41, 5.74) is 1.12. The minimum Gasteiger partial charge on any atom is -0.493 e. The van der Waals surface area contributed by atoms with Crippen LogP contribution in [0, 0.1) is 12.8 Å². The summed E-state index contributed by atoms with van der Waals surface area (Å²) in [7, 11) is 1.83. The van der Waals surface area contributed by atoms with E-state index in [9.17, 15) is 9.59 Å². The third-order valence-electron chi connectivity index (χ3n) is 5.64. The average molecular weight is 358 g/mol. The highest BCUT2D eigenvalue weighted by molar-refractivity contribution is 5.89. The number of likely N-dealkylation sites (tertiary alicyclic amines) is 1. The van der Waals surface area contributed by atoms with Crippen molar-refractivity contribution < 1.29 is 14.3 Å². The third-order valence-corrected chi connectivity index (χ3v) is 5.64. The fourth-order valence-electron chi connectivity index (χ4n) is 4.09. The van der Waals surface area contributed by atoms with E-state index in [4.69, 9.17) is 4.74 Å². The van der Waals surface area contributed by atoms with Crippen LogP contribution in [0.3, 0.4) is 0 Å². The van der Waals surface area contributed by atoms with Crippen molar-refractivity contribution >= 4 is 11.8 Å². The number of ether oxygens (including phenoxy) is 1. The molecule has 1 aliphatic carbocycles. The molecule has 1 heterocycles. The second kappa shape index (κ2) is 8.56. The van der Waals surface area contributed by atoms with Gasteiger partial charge in [-0.2, -0.15) is 0 Å². The molecule has 5 heteroatoms. The van der Waals surface area contributed by atoms with E-state index in [1.807, 2.05) is 43.1 Å². The average Bonchev–Trinajstić information content (AvgIpc) is 3.28. The summed E-state index contributed by atoms with van der Waals surface area (Å²) < 4.78 is 5.79. The van der Waals surface area contributed by atoms with Gasteiger partial charge < -0.3 is 14.5 Å². The first-order chi connectivity index (χ1) is 12.6. The van der Waals surface area contributed by atoms with E-state index in [0.29, 0.717) is 32.2 Å². The highest BCUT2D eigenvalue weighted by Gasteiger charge is 2.39. The van der Waals surface area contributed by atoms with Gasteiger partial charge in [0.1, 0.15) is 5.75 Å². The lowest BCUT2D eigenvalue weighted by Gasteiger charge is -2.25. The summed E-state index contributed by atoms with van der Waals surface area (Å²) in [5, 5.41) is 0. The number of hydrogen-bond donors (Lipinski definition) is 0. The second-order valence-corrected chi connectivity index (χ2v) is 7.61. The zero-order valence-electron chi connectivity index (χ0n) is 15.9. The van der Waals surface area contributed by atoms with Crippen molar-refractivity contribution in [3.05, 3.63) is 29.8 Å². The van der Waals surface area contributed by atoms with Crippen molar-refractivity contribution in [3.8, 4) is 5.75 Å². The molecule has 0 spiro atoms. The number of hydrogen-bond acceptors (Lipinski definition) is 3. The Morgan fingerprint density at radius 1 is 1.27 bits per heavy atom. The van der Waals surface area contributed by atoms with E-state index in [-0.39, 0.29) is 17.7 Å². The Bertz CT molecular complexity index is 640. The Balaban J connectivity index is 1.42. The van der Waals surface area contributed by atoms with Gasteiger partial charge in [0.05, 0.1) is 12.5 Å². The number of rotatable bonds is 7. The fourth-order valence-corrected chi connectivity index (χ4v) is 4.09. The van der Waals surface area contributed by atoms with Gasteiger partial charge in [-0.25, -0.2) is 0 Å². The van der Waals surface area contributed by atoms with E-state index in [1.54, 1.807) is 4.90 Å². The summed E-state index contributed by atoms with van der Waals surface area (Å²) >= 11 is 0. The van der Waals surface area contributed by atoms with Crippen LogP contribution >= 0.6 is 0 Å². The van der Waals surface area contributed by atoms with Gasteiger partial charge in [-0.1, -0.05) is 31.0 Å². The van der Waals surface area contributed by atoms with Crippen molar-refractivity contribution in [1.82, 2.24) is 9.80 Å². The Morgan fingerprint density at radius 2 is 2.00 bits per heavy atom. The molecule has 142 valence electrons. The Hall–Kier alpha value is -2.04. The van der Waals surface area contributed by atoms with E-state index in [2.05, 4.69) is 0 Å². The van der Waals surface area contributed by atoms with Crippen LogP contribution in [0.15, 0.2) is 24.3 Å². The maximum absolute atomic E-state index is 12.7. The van der Waals surface area contributed by atoms with Crippen LogP contribution in [0.25, 0.3) is 0 Å². The van der Waals surface area contributed by atoms with Crippen LogP contribution < -0.4 is 4.74 Å². The molecule has 1 aromatic carbocycles. The molecule has 2 aliphatic rings. The number of benzene rings is 1. The van der Waals surface area contributed by atoms with Crippen LogP contribution in [0.4, 0.5) is 0 Å². The zero-order valence-corrected chi connectivity index (χ0v) is 15.9. The number of carbonyl (C=O) groups excluding carboxylic acids is 2. The van der Waals surface area contributed by atoms with Crippen LogP contribution in [0.2, 0.25) is 0 Å². The topological polar surface area (TPSA) is 49.9 Å². The molecule has 0 unspecified atom stereocenters. The molecule has 1 atom stereocenters. The molecular formula is C21H30N2O3. The smallest absolute Gasteiger partial charge is 0.227 e. The molecular weight excluding hydrogens is 328 g/mol. The summed E-state index contributed by atoms with van der Waals surface area (Å²) in [6.07, 6.45) is 5.75. The predicted octanol–water partition coefficient (Wildman–Crippen LogP) is 3.01. The second-order valence-electron chi connectivity index (χ2n) is 7.61. The largest absolute Gasteiger partial charge is 0.493 e. The van der Waals surface area contributed by atoms with Crippen LogP contribution in [0.5, 0.6) is 5.75 Å². The first-order valence-electron chi connectivity index (χ1n) is 9.79. The quantitative estimate of drug-likeness (QED) is 0.704. The summed E-state index contributed by atoms with van der Waals surface area (Å²) in [4.78, 5) is 28.7. The lowest BCUT2D eigenvalue weighted by molar-refractivity contribution is -0.134. The van der Waals surface area contributed by atoms with E-state index in [1.165, 1.54) is 12.8 Å². The van der Waals surface area contributed by atoms with Gasteiger partial charge in [-0.15, -0.1) is 0 Å². The summed E-state index contributed by atoms with van der Waals surface area (Å²) in [6, 6.07) is 8.31. The summed E-state index contributed by atoms with van der Waals surface area (Å²) in [6.45, 7) is 3.86. The monoisotopic (exact) mass is 358 g/mol. The molecule has 0 N–H and O–H groups in total. The predicted molar refractivity (Wildman–Crippen MR) is 101 cm³/mol. The molecule has 0 aromatic heterocycles. The van der Waals surface area contributed by atoms with Crippen molar-refractivity contribution in [2.75, 3.05) is 26.7 Å². The van der Waals surface area contributed by atoms with Gasteiger partial charge in [0.2, 0.25) is 11.8 Å². The van der Waals surface area contributed by atoms with Gasteiger partial charge >= 0.3 is 0 Å². The van der Waals surface area contributed by atoms with E-state index in [0.717, 1.165) is 30.6 Å². The fraction of sp³-hybridized carbons (Fsp3) is 0.619. The van der Waals surface area contributed by atoms with Gasteiger partial charge in [0.25, 0.3) is 0 Å². The number of nitrogens with zero attached hydrogens (tertiary/aromatic N) is 2. The van der Waals surface area contributed by atoms with Gasteiger partial charge in [0.15, 0.2) is 0 Å². The normalized spacial score (nSPS) is 20.6. The van der Waals surface area contributed by atoms with Crippen molar-refractivity contribution in [2.45, 2.75) is 51.5 Å². The molecule has 26 heavy (non-hydrogen) atoms. The number of amides is 2. The molecule has 5 nitrogen and oxygen atoms in total. The molecule has 0 radical (unpaired) electrons. The van der Waals surface area contributed by atoms with Gasteiger partial charge in [-0.05, 0) is 37.8 Å². The van der Waals surface area contributed by atoms with Crippen molar-refractivity contribution in [2.24, 2.45) is 5.92 Å². The van der Waals surface area contributed by atoms with Crippen LogP contribution in [0.1, 0.15) is 44.1 Å². The highest BCUT2D eigenvalue weighted by atomic mass is 16.5. The number of carbonyl (C=O) groups is 2. The van der Waals surface area contributed by atoms with Crippen molar-refractivity contribution in [3.63, 3.8) is 0 Å². The standard InChI is InChI=1S/C21H30N2O3/c1-16-8-3-6-11-19(16)26-13-7-12-22(2)21(25)17-14-20(24)23(15-17)18-9-4-5-10-18/h3,6,8,11,17-18H,4-5,7,9-10,12-15H2,1-2H3/t17-/m1/s1. The summed E-state index contributed by atoms with van der Waals surface area (Å²) in [5.74, 6) is 0.974. The van der Waals surface area contributed by atoms with E-state index >= 15 is 0 Å². The molecule has 1 saturated heterocycles. The Morgan fingerprint density at radius 3 is 2.73 bits per heavy atom. The SMILES string of the molecule is Cc1ccccc1OCCCN(C)C(=O)[C@@H]1CC(=O)N(C2CCCC2)C1. The number of aryl methyl sites for hydroxylation is 1. The van der Waals surface area contributed by atoms with Crippen LogP contribution in [-0.2, 0) is 9.59 Å². The first-order valence-corrected chi connectivity index (χ1v) is 9.79. The maximum Gasteiger partial charge on any atom is 0.227 e. The molecule has 0 bridgehead atoms. The lowest BCUT2D eigenvalue weighted by atomic mass is 10.1. The maximum atomic E-state index is 12.7.